The summed E-state index contributed by atoms with van der Waals surface area (Å²) in [6.45, 7) is 6.50. The summed E-state index contributed by atoms with van der Waals surface area (Å²) in [7, 11) is 0. The summed E-state index contributed by atoms with van der Waals surface area (Å²) >= 11 is 6.53. The molecule has 2 aromatic carbocycles. The summed E-state index contributed by atoms with van der Waals surface area (Å²) < 4.78 is 0.453. The minimum absolute atomic E-state index is 0.166. The number of thiocarbonyl (C=S) groups is 1. The van der Waals surface area contributed by atoms with E-state index < -0.39 is 0 Å². The van der Waals surface area contributed by atoms with Gasteiger partial charge in [0.05, 0.1) is 22.7 Å². The third-order valence-electron chi connectivity index (χ3n) is 4.77. The van der Waals surface area contributed by atoms with Gasteiger partial charge in [0.2, 0.25) is 0 Å². The highest BCUT2D eigenvalue weighted by Gasteiger charge is 2.41. The SMILES string of the molecule is C=CCN1C(=O)/C(=C2/C(=O)N(Cc3ccc(C)cc3)c3ccccc32)SC1=S. The van der Waals surface area contributed by atoms with Crippen LogP contribution in [0.3, 0.4) is 0 Å². The van der Waals surface area contributed by atoms with Crippen LogP contribution in [0.25, 0.3) is 5.57 Å². The van der Waals surface area contributed by atoms with Crippen molar-refractivity contribution in [2.24, 2.45) is 0 Å². The van der Waals surface area contributed by atoms with Crippen molar-refractivity contribution in [3.05, 3.63) is 82.8 Å². The Balaban J connectivity index is 1.77. The van der Waals surface area contributed by atoms with E-state index in [2.05, 4.69) is 6.58 Å². The summed E-state index contributed by atoms with van der Waals surface area (Å²) in [5.74, 6) is -0.397. The van der Waals surface area contributed by atoms with E-state index in [4.69, 9.17) is 12.2 Å². The molecule has 6 heteroatoms. The number of amides is 2. The van der Waals surface area contributed by atoms with Crippen molar-refractivity contribution in [2.45, 2.75) is 13.5 Å². The number of fused-ring (bicyclic) bond motifs is 1. The molecular formula is C22H18N2O2S2. The summed E-state index contributed by atoms with van der Waals surface area (Å²) in [6, 6.07) is 15.7. The second-order valence-electron chi connectivity index (χ2n) is 6.67. The number of anilines is 1. The monoisotopic (exact) mass is 406 g/mol. The molecule has 140 valence electrons. The molecule has 0 unspecified atom stereocenters. The van der Waals surface area contributed by atoms with Gasteiger partial charge in [0.15, 0.2) is 0 Å². The summed E-state index contributed by atoms with van der Waals surface area (Å²) in [6.07, 6.45) is 1.63. The highest BCUT2D eigenvalue weighted by molar-refractivity contribution is 8.26. The van der Waals surface area contributed by atoms with Gasteiger partial charge in [0.1, 0.15) is 4.32 Å². The van der Waals surface area contributed by atoms with E-state index in [1.807, 2.05) is 55.5 Å². The molecule has 0 radical (unpaired) electrons. The molecule has 0 N–H and O–H groups in total. The van der Waals surface area contributed by atoms with Gasteiger partial charge in [0.25, 0.3) is 11.8 Å². The molecule has 2 aromatic rings. The molecule has 2 heterocycles. The number of hydrogen-bond donors (Lipinski definition) is 0. The first-order valence-corrected chi connectivity index (χ1v) is 10.1. The molecule has 2 aliphatic rings. The normalized spacial score (nSPS) is 18.8. The van der Waals surface area contributed by atoms with Gasteiger partial charge < -0.3 is 4.90 Å². The van der Waals surface area contributed by atoms with Crippen LogP contribution in [-0.4, -0.2) is 27.6 Å². The lowest BCUT2D eigenvalue weighted by atomic mass is 10.1. The van der Waals surface area contributed by atoms with Gasteiger partial charge in [-0.25, -0.2) is 0 Å². The first kappa shape index (κ1) is 18.7. The van der Waals surface area contributed by atoms with Crippen LogP contribution in [0.15, 0.2) is 66.1 Å². The second-order valence-corrected chi connectivity index (χ2v) is 8.31. The van der Waals surface area contributed by atoms with Crippen LogP contribution >= 0.6 is 24.0 Å². The number of benzene rings is 2. The maximum Gasteiger partial charge on any atom is 0.267 e. The Hall–Kier alpha value is -2.70. The topological polar surface area (TPSA) is 40.6 Å². The average Bonchev–Trinajstić information content (AvgIpc) is 3.12. The van der Waals surface area contributed by atoms with E-state index in [9.17, 15) is 9.59 Å². The summed E-state index contributed by atoms with van der Waals surface area (Å²) in [4.78, 5) is 29.9. The fourth-order valence-corrected chi connectivity index (χ4v) is 4.72. The Morgan fingerprint density at radius 3 is 2.46 bits per heavy atom. The van der Waals surface area contributed by atoms with Crippen LogP contribution in [-0.2, 0) is 16.1 Å². The molecule has 0 saturated carbocycles. The Kier molecular flexibility index (Phi) is 4.91. The third kappa shape index (κ3) is 3.08. The van der Waals surface area contributed by atoms with Gasteiger partial charge in [-0.05, 0) is 18.6 Å². The first-order chi connectivity index (χ1) is 13.5. The lowest BCUT2D eigenvalue weighted by Gasteiger charge is -2.17. The predicted molar refractivity (Wildman–Crippen MR) is 118 cm³/mol. The molecule has 4 rings (SSSR count). The van der Waals surface area contributed by atoms with Crippen molar-refractivity contribution in [2.75, 3.05) is 11.4 Å². The zero-order valence-electron chi connectivity index (χ0n) is 15.3. The average molecular weight is 407 g/mol. The maximum atomic E-state index is 13.4. The number of hydrogen-bond acceptors (Lipinski definition) is 4. The van der Waals surface area contributed by atoms with Crippen molar-refractivity contribution >= 4 is 51.4 Å². The fourth-order valence-electron chi connectivity index (χ4n) is 3.37. The largest absolute Gasteiger partial charge is 0.303 e. The Morgan fingerprint density at radius 2 is 1.75 bits per heavy atom. The lowest BCUT2D eigenvalue weighted by molar-refractivity contribution is -0.122. The molecule has 0 aromatic heterocycles. The van der Waals surface area contributed by atoms with Gasteiger partial charge >= 0.3 is 0 Å². The number of carbonyl (C=O) groups is 2. The number of para-hydroxylation sites is 1. The van der Waals surface area contributed by atoms with Crippen LogP contribution in [0.2, 0.25) is 0 Å². The van der Waals surface area contributed by atoms with Gasteiger partial charge in [-0.15, -0.1) is 6.58 Å². The highest BCUT2D eigenvalue weighted by atomic mass is 32.2. The van der Waals surface area contributed by atoms with E-state index >= 15 is 0 Å². The Bertz CT molecular complexity index is 1040. The van der Waals surface area contributed by atoms with Crippen molar-refractivity contribution < 1.29 is 9.59 Å². The number of aryl methyl sites for hydroxylation is 1. The molecule has 1 fully saturated rings. The fraction of sp³-hybridized carbons (Fsp3) is 0.136. The van der Waals surface area contributed by atoms with Crippen LogP contribution in [0.5, 0.6) is 0 Å². The van der Waals surface area contributed by atoms with Crippen LogP contribution in [0, 0.1) is 6.92 Å². The molecule has 0 atom stereocenters. The number of carbonyl (C=O) groups excluding carboxylic acids is 2. The van der Waals surface area contributed by atoms with E-state index in [1.165, 1.54) is 22.2 Å². The zero-order valence-corrected chi connectivity index (χ0v) is 17.0. The number of nitrogens with zero attached hydrogens (tertiary/aromatic N) is 2. The standard InChI is InChI=1S/C22H18N2O2S2/c1-3-12-23-21(26)19(28-22(23)27)18-16-6-4-5-7-17(16)24(20(18)25)13-15-10-8-14(2)9-11-15/h3-11H,1,12-13H2,2H3/b19-18-. The van der Waals surface area contributed by atoms with Crippen LogP contribution in [0.4, 0.5) is 5.69 Å². The third-order valence-corrected chi connectivity index (χ3v) is 6.22. The van der Waals surface area contributed by atoms with E-state index in [0.29, 0.717) is 27.9 Å². The van der Waals surface area contributed by atoms with Crippen molar-refractivity contribution in [1.82, 2.24) is 4.90 Å². The quantitative estimate of drug-likeness (QED) is 0.431. The minimum Gasteiger partial charge on any atom is -0.303 e. The van der Waals surface area contributed by atoms with E-state index in [-0.39, 0.29) is 11.8 Å². The molecule has 0 aliphatic carbocycles. The molecule has 28 heavy (non-hydrogen) atoms. The van der Waals surface area contributed by atoms with E-state index in [1.54, 1.807) is 11.0 Å². The van der Waals surface area contributed by atoms with Crippen molar-refractivity contribution in [1.29, 1.82) is 0 Å². The Morgan fingerprint density at radius 1 is 1.04 bits per heavy atom. The summed E-state index contributed by atoms with van der Waals surface area (Å²) in [5.41, 5.74) is 4.24. The molecular weight excluding hydrogens is 388 g/mol. The number of thioether (sulfide) groups is 1. The molecule has 1 saturated heterocycles. The van der Waals surface area contributed by atoms with Crippen molar-refractivity contribution in [3.8, 4) is 0 Å². The highest BCUT2D eigenvalue weighted by Crippen LogP contribution is 2.44. The second kappa shape index (κ2) is 7.37. The maximum absolute atomic E-state index is 13.4. The smallest absolute Gasteiger partial charge is 0.267 e. The first-order valence-electron chi connectivity index (χ1n) is 8.87. The summed E-state index contributed by atoms with van der Waals surface area (Å²) in [5, 5.41) is 0. The van der Waals surface area contributed by atoms with Crippen molar-refractivity contribution in [3.63, 3.8) is 0 Å². The number of rotatable bonds is 4. The van der Waals surface area contributed by atoms with Gasteiger partial charge in [-0.2, -0.15) is 0 Å². The molecule has 2 aliphatic heterocycles. The zero-order chi connectivity index (χ0) is 19.8. The van der Waals surface area contributed by atoms with Gasteiger partial charge in [0, 0.05) is 12.1 Å². The van der Waals surface area contributed by atoms with Gasteiger partial charge in [-0.3, -0.25) is 14.5 Å². The van der Waals surface area contributed by atoms with Gasteiger partial charge in [-0.1, -0.05) is 78.1 Å². The molecule has 0 spiro atoms. The Labute approximate surface area is 173 Å². The predicted octanol–water partition coefficient (Wildman–Crippen LogP) is 4.30. The lowest BCUT2D eigenvalue weighted by Crippen LogP contribution is -2.29. The molecule has 4 nitrogen and oxygen atoms in total. The molecule has 2 amide bonds. The molecule has 0 bridgehead atoms. The minimum atomic E-state index is -0.231. The van der Waals surface area contributed by atoms with Crippen LogP contribution in [0.1, 0.15) is 16.7 Å². The van der Waals surface area contributed by atoms with Crippen LogP contribution < -0.4 is 4.90 Å². The van der Waals surface area contributed by atoms with E-state index in [0.717, 1.165) is 16.8 Å².